The molecular formula is C8H8ClN3S2. The highest BCUT2D eigenvalue weighted by atomic mass is 35.5. The third-order valence-corrected chi connectivity index (χ3v) is 3.62. The molecule has 0 saturated heterocycles. The predicted octanol–water partition coefficient (Wildman–Crippen LogP) is 3.17. The molecule has 0 amide bonds. The summed E-state index contributed by atoms with van der Waals surface area (Å²) >= 11 is 9.04. The number of aryl methyl sites for hydroxylation is 1. The molecule has 2 aromatic rings. The van der Waals surface area contributed by atoms with Crippen molar-refractivity contribution in [2.75, 3.05) is 5.32 Å². The van der Waals surface area contributed by atoms with Gasteiger partial charge in [0.1, 0.15) is 14.4 Å². The number of rotatable bonds is 3. The SMILES string of the molecule is Cc1nnc(CNc2ccsc2Cl)s1. The minimum Gasteiger partial charge on any atom is -0.377 e. The van der Waals surface area contributed by atoms with Gasteiger partial charge in [-0.2, -0.15) is 0 Å². The lowest BCUT2D eigenvalue weighted by Gasteiger charge is -2.00. The molecule has 2 rings (SSSR count). The Balaban J connectivity index is 1.98. The van der Waals surface area contributed by atoms with E-state index in [9.17, 15) is 0 Å². The van der Waals surface area contributed by atoms with Crippen molar-refractivity contribution >= 4 is 40.0 Å². The number of halogens is 1. The first-order valence-corrected chi connectivity index (χ1v) is 6.09. The molecule has 0 bridgehead atoms. The van der Waals surface area contributed by atoms with Gasteiger partial charge in [-0.1, -0.05) is 22.9 Å². The van der Waals surface area contributed by atoms with Gasteiger partial charge in [-0.15, -0.1) is 21.5 Å². The monoisotopic (exact) mass is 245 g/mol. The fourth-order valence-corrected chi connectivity index (χ4v) is 2.52. The van der Waals surface area contributed by atoms with E-state index in [1.807, 2.05) is 18.4 Å². The fourth-order valence-electron chi connectivity index (χ4n) is 0.999. The Hall–Kier alpha value is -0.650. The average Bonchev–Trinajstić information content (AvgIpc) is 2.72. The molecular weight excluding hydrogens is 238 g/mol. The number of thiophene rings is 1. The van der Waals surface area contributed by atoms with Crippen LogP contribution in [0.1, 0.15) is 10.0 Å². The molecule has 1 N–H and O–H groups in total. The smallest absolute Gasteiger partial charge is 0.136 e. The Labute approximate surface area is 94.8 Å². The first-order valence-electron chi connectivity index (χ1n) is 4.01. The summed E-state index contributed by atoms with van der Waals surface area (Å²) < 4.78 is 0.784. The highest BCUT2D eigenvalue weighted by Crippen LogP contribution is 2.28. The molecule has 2 heterocycles. The summed E-state index contributed by atoms with van der Waals surface area (Å²) in [7, 11) is 0. The van der Waals surface area contributed by atoms with Crippen LogP contribution < -0.4 is 5.32 Å². The maximum absolute atomic E-state index is 5.93. The second-order valence-electron chi connectivity index (χ2n) is 2.68. The molecule has 0 radical (unpaired) electrons. The van der Waals surface area contributed by atoms with Crippen LogP contribution in [0.2, 0.25) is 4.34 Å². The van der Waals surface area contributed by atoms with Crippen molar-refractivity contribution in [3.63, 3.8) is 0 Å². The van der Waals surface area contributed by atoms with Crippen LogP contribution in [-0.2, 0) is 6.54 Å². The number of aromatic nitrogens is 2. The molecule has 0 aromatic carbocycles. The van der Waals surface area contributed by atoms with E-state index in [-0.39, 0.29) is 0 Å². The number of hydrogen-bond acceptors (Lipinski definition) is 5. The van der Waals surface area contributed by atoms with Crippen LogP contribution in [0.3, 0.4) is 0 Å². The quantitative estimate of drug-likeness (QED) is 0.903. The average molecular weight is 246 g/mol. The predicted molar refractivity (Wildman–Crippen MR) is 61.3 cm³/mol. The fraction of sp³-hybridized carbons (Fsp3) is 0.250. The maximum Gasteiger partial charge on any atom is 0.136 e. The summed E-state index contributed by atoms with van der Waals surface area (Å²) in [4.78, 5) is 0. The van der Waals surface area contributed by atoms with Crippen LogP contribution in [0.15, 0.2) is 11.4 Å². The van der Waals surface area contributed by atoms with Gasteiger partial charge in [0.05, 0.1) is 12.2 Å². The largest absolute Gasteiger partial charge is 0.377 e. The van der Waals surface area contributed by atoms with Gasteiger partial charge in [0.2, 0.25) is 0 Å². The summed E-state index contributed by atoms with van der Waals surface area (Å²) in [6.07, 6.45) is 0. The Kier molecular flexibility index (Phi) is 3.00. The van der Waals surface area contributed by atoms with E-state index < -0.39 is 0 Å². The third kappa shape index (κ3) is 2.23. The van der Waals surface area contributed by atoms with Crippen molar-refractivity contribution in [2.45, 2.75) is 13.5 Å². The van der Waals surface area contributed by atoms with Crippen molar-refractivity contribution in [3.8, 4) is 0 Å². The zero-order valence-corrected chi connectivity index (χ0v) is 9.84. The molecule has 2 aromatic heterocycles. The van der Waals surface area contributed by atoms with Gasteiger partial charge >= 0.3 is 0 Å². The Morgan fingerprint density at radius 1 is 1.50 bits per heavy atom. The zero-order valence-electron chi connectivity index (χ0n) is 7.45. The van der Waals surface area contributed by atoms with Gasteiger partial charge in [-0.3, -0.25) is 0 Å². The van der Waals surface area contributed by atoms with E-state index in [1.54, 1.807) is 11.3 Å². The lowest BCUT2D eigenvalue weighted by molar-refractivity contribution is 0.971. The van der Waals surface area contributed by atoms with E-state index >= 15 is 0 Å². The summed E-state index contributed by atoms with van der Waals surface area (Å²) in [6, 6.07) is 1.96. The molecule has 0 aliphatic rings. The van der Waals surface area contributed by atoms with Crippen molar-refractivity contribution in [3.05, 3.63) is 25.8 Å². The van der Waals surface area contributed by atoms with Crippen molar-refractivity contribution in [1.29, 1.82) is 0 Å². The lowest BCUT2D eigenvalue weighted by atomic mass is 10.5. The van der Waals surface area contributed by atoms with Crippen molar-refractivity contribution < 1.29 is 0 Å². The molecule has 0 fully saturated rings. The van der Waals surface area contributed by atoms with E-state index in [1.165, 1.54) is 11.3 Å². The van der Waals surface area contributed by atoms with Crippen LogP contribution in [-0.4, -0.2) is 10.2 Å². The summed E-state index contributed by atoms with van der Waals surface area (Å²) in [5, 5.41) is 15.1. The van der Waals surface area contributed by atoms with Gasteiger partial charge in [0, 0.05) is 0 Å². The molecule has 0 saturated carbocycles. The summed E-state index contributed by atoms with van der Waals surface area (Å²) in [5.74, 6) is 0. The topological polar surface area (TPSA) is 37.8 Å². The summed E-state index contributed by atoms with van der Waals surface area (Å²) in [6.45, 7) is 2.63. The van der Waals surface area contributed by atoms with Crippen molar-refractivity contribution in [2.24, 2.45) is 0 Å². The van der Waals surface area contributed by atoms with Crippen LogP contribution >= 0.6 is 34.3 Å². The number of hydrogen-bond donors (Lipinski definition) is 1. The standard InChI is InChI=1S/C8H8ClN3S2/c1-5-11-12-7(14-5)4-10-6-2-3-13-8(6)9/h2-3,10H,4H2,1H3. The zero-order chi connectivity index (χ0) is 9.97. The highest BCUT2D eigenvalue weighted by molar-refractivity contribution is 7.15. The first kappa shape index (κ1) is 9.89. The minimum atomic E-state index is 0.683. The van der Waals surface area contributed by atoms with E-state index in [2.05, 4.69) is 15.5 Å². The van der Waals surface area contributed by atoms with Crippen LogP contribution in [0, 0.1) is 6.92 Å². The van der Waals surface area contributed by atoms with Crippen LogP contribution in [0.5, 0.6) is 0 Å². The maximum atomic E-state index is 5.93. The van der Waals surface area contributed by atoms with E-state index in [0.29, 0.717) is 6.54 Å². The molecule has 74 valence electrons. The molecule has 0 spiro atoms. The second-order valence-corrected chi connectivity index (χ2v) is 5.46. The van der Waals surface area contributed by atoms with Gasteiger partial charge in [-0.05, 0) is 18.4 Å². The number of nitrogens with one attached hydrogen (secondary N) is 1. The molecule has 3 nitrogen and oxygen atoms in total. The van der Waals surface area contributed by atoms with Gasteiger partial charge in [0.15, 0.2) is 0 Å². The molecule has 0 aliphatic carbocycles. The third-order valence-electron chi connectivity index (χ3n) is 1.62. The van der Waals surface area contributed by atoms with Gasteiger partial charge in [-0.25, -0.2) is 0 Å². The highest BCUT2D eigenvalue weighted by Gasteiger charge is 2.03. The molecule has 0 aliphatic heterocycles. The molecule has 0 atom stereocenters. The Morgan fingerprint density at radius 3 is 2.93 bits per heavy atom. The lowest BCUT2D eigenvalue weighted by Crippen LogP contribution is -1.97. The first-order chi connectivity index (χ1) is 6.75. The number of nitrogens with zero attached hydrogens (tertiary/aromatic N) is 2. The molecule has 6 heteroatoms. The Morgan fingerprint density at radius 2 is 2.36 bits per heavy atom. The van der Waals surface area contributed by atoms with Crippen molar-refractivity contribution in [1.82, 2.24) is 10.2 Å². The minimum absolute atomic E-state index is 0.683. The normalized spacial score (nSPS) is 10.4. The van der Waals surface area contributed by atoms with Crippen LogP contribution in [0.25, 0.3) is 0 Å². The summed E-state index contributed by atoms with van der Waals surface area (Å²) in [5.41, 5.74) is 0.963. The van der Waals surface area contributed by atoms with E-state index in [4.69, 9.17) is 11.6 Å². The van der Waals surface area contributed by atoms with Crippen LogP contribution in [0.4, 0.5) is 5.69 Å². The van der Waals surface area contributed by atoms with Gasteiger partial charge < -0.3 is 5.32 Å². The Bertz CT molecular complexity index is 424. The number of anilines is 1. The molecule has 0 unspecified atom stereocenters. The molecule has 14 heavy (non-hydrogen) atoms. The van der Waals surface area contributed by atoms with E-state index in [0.717, 1.165) is 20.0 Å². The van der Waals surface area contributed by atoms with Gasteiger partial charge in [0.25, 0.3) is 0 Å². The second kappa shape index (κ2) is 4.25.